The number of hydrogen-bond acceptors (Lipinski definition) is 3. The van der Waals surface area contributed by atoms with E-state index < -0.39 is 0 Å². The maximum atomic E-state index is 12.8. The maximum absolute atomic E-state index is 12.8. The average molecular weight is 387 g/mol. The van der Waals surface area contributed by atoms with Crippen molar-refractivity contribution in [2.45, 2.75) is 27.3 Å². The average Bonchev–Trinajstić information content (AvgIpc) is 2.70. The van der Waals surface area contributed by atoms with Gasteiger partial charge in [0, 0.05) is 31.0 Å². The van der Waals surface area contributed by atoms with Crippen molar-refractivity contribution in [2.75, 3.05) is 12.4 Å². The molecule has 0 unspecified atom stereocenters. The minimum absolute atomic E-state index is 0.159. The molecule has 2 amide bonds. The van der Waals surface area contributed by atoms with E-state index in [0.29, 0.717) is 12.1 Å². The molecule has 0 atom stereocenters. The highest BCUT2D eigenvalue weighted by molar-refractivity contribution is 6.05. The number of anilines is 1. The van der Waals surface area contributed by atoms with Crippen LogP contribution in [0.25, 0.3) is 0 Å². The van der Waals surface area contributed by atoms with Gasteiger partial charge in [-0.15, -0.1) is 0 Å². The van der Waals surface area contributed by atoms with Gasteiger partial charge in [0.05, 0.1) is 0 Å². The van der Waals surface area contributed by atoms with E-state index in [1.54, 1.807) is 18.0 Å². The second kappa shape index (κ2) is 8.69. The number of carbonyl (C=O) groups excluding carboxylic acids is 2. The van der Waals surface area contributed by atoms with Gasteiger partial charge in [0.2, 0.25) is 0 Å². The lowest BCUT2D eigenvalue weighted by Crippen LogP contribution is -2.26. The Morgan fingerprint density at radius 2 is 1.62 bits per heavy atom. The molecule has 0 bridgehead atoms. The topological polar surface area (TPSA) is 62.3 Å². The zero-order valence-electron chi connectivity index (χ0n) is 17.2. The van der Waals surface area contributed by atoms with Gasteiger partial charge in [-0.2, -0.15) is 0 Å². The van der Waals surface area contributed by atoms with E-state index >= 15 is 0 Å². The molecule has 29 heavy (non-hydrogen) atoms. The summed E-state index contributed by atoms with van der Waals surface area (Å²) in [4.78, 5) is 31.3. The number of pyridine rings is 1. The third kappa shape index (κ3) is 4.88. The Kier molecular flexibility index (Phi) is 6.07. The van der Waals surface area contributed by atoms with Crippen molar-refractivity contribution in [3.8, 4) is 0 Å². The molecule has 0 radical (unpaired) electrons. The van der Waals surface area contributed by atoms with E-state index in [0.717, 1.165) is 27.9 Å². The van der Waals surface area contributed by atoms with E-state index in [4.69, 9.17) is 0 Å². The lowest BCUT2D eigenvalue weighted by atomic mass is 10.0. The molecule has 1 N–H and O–H groups in total. The van der Waals surface area contributed by atoms with Crippen molar-refractivity contribution in [2.24, 2.45) is 0 Å². The van der Waals surface area contributed by atoms with Gasteiger partial charge in [0.25, 0.3) is 11.8 Å². The van der Waals surface area contributed by atoms with Crippen LogP contribution >= 0.6 is 0 Å². The van der Waals surface area contributed by atoms with Crippen molar-refractivity contribution >= 4 is 17.5 Å². The number of benzene rings is 2. The minimum Gasteiger partial charge on any atom is -0.337 e. The molecule has 148 valence electrons. The van der Waals surface area contributed by atoms with Gasteiger partial charge in [0.1, 0.15) is 5.69 Å². The van der Waals surface area contributed by atoms with E-state index in [2.05, 4.69) is 10.3 Å². The largest absolute Gasteiger partial charge is 0.337 e. The number of amides is 2. The fourth-order valence-electron chi connectivity index (χ4n) is 3.39. The molecule has 0 saturated carbocycles. The second-order valence-electron chi connectivity index (χ2n) is 7.30. The highest BCUT2D eigenvalue weighted by Crippen LogP contribution is 2.22. The minimum atomic E-state index is -0.333. The Balaban J connectivity index is 1.76. The number of aromatic nitrogens is 1. The summed E-state index contributed by atoms with van der Waals surface area (Å²) in [6.45, 7) is 6.43. The molecule has 0 aliphatic carbocycles. The van der Waals surface area contributed by atoms with Crippen LogP contribution < -0.4 is 5.32 Å². The fourth-order valence-corrected chi connectivity index (χ4v) is 3.39. The van der Waals surface area contributed by atoms with Crippen molar-refractivity contribution in [1.82, 2.24) is 9.88 Å². The summed E-state index contributed by atoms with van der Waals surface area (Å²) in [6.07, 6.45) is 1.49. The molecule has 0 fully saturated rings. The van der Waals surface area contributed by atoms with Crippen LogP contribution in [0.1, 0.15) is 43.1 Å². The first-order valence-corrected chi connectivity index (χ1v) is 9.50. The molecule has 2 aromatic carbocycles. The van der Waals surface area contributed by atoms with E-state index in [1.165, 1.54) is 12.3 Å². The summed E-state index contributed by atoms with van der Waals surface area (Å²) in [5.74, 6) is -0.492. The third-order valence-electron chi connectivity index (χ3n) is 4.76. The van der Waals surface area contributed by atoms with E-state index in [9.17, 15) is 9.59 Å². The Morgan fingerprint density at radius 1 is 0.966 bits per heavy atom. The predicted molar refractivity (Wildman–Crippen MR) is 115 cm³/mol. The van der Waals surface area contributed by atoms with Gasteiger partial charge in [-0.1, -0.05) is 48.0 Å². The van der Waals surface area contributed by atoms with Crippen LogP contribution in [0.4, 0.5) is 5.69 Å². The van der Waals surface area contributed by atoms with E-state index in [-0.39, 0.29) is 17.5 Å². The van der Waals surface area contributed by atoms with Crippen molar-refractivity contribution < 1.29 is 9.59 Å². The molecule has 5 nitrogen and oxygen atoms in total. The van der Waals surface area contributed by atoms with Crippen LogP contribution in [-0.2, 0) is 6.54 Å². The van der Waals surface area contributed by atoms with Gasteiger partial charge in [0.15, 0.2) is 0 Å². The summed E-state index contributed by atoms with van der Waals surface area (Å²) in [5, 5.41) is 2.93. The third-order valence-corrected chi connectivity index (χ3v) is 4.76. The first-order valence-electron chi connectivity index (χ1n) is 9.50. The van der Waals surface area contributed by atoms with Crippen LogP contribution in [0, 0.1) is 20.8 Å². The predicted octanol–water partition coefficient (Wildman–Crippen LogP) is 4.53. The Hall–Kier alpha value is -3.47. The number of nitrogens with zero attached hydrogens (tertiary/aromatic N) is 2. The number of aryl methyl sites for hydroxylation is 3. The van der Waals surface area contributed by atoms with Gasteiger partial charge >= 0.3 is 0 Å². The summed E-state index contributed by atoms with van der Waals surface area (Å²) in [5.41, 5.74) is 5.59. The molecular formula is C24H25N3O2. The summed E-state index contributed by atoms with van der Waals surface area (Å²) >= 11 is 0. The highest BCUT2D eigenvalue weighted by Gasteiger charge is 2.16. The summed E-state index contributed by atoms with van der Waals surface area (Å²) < 4.78 is 0. The van der Waals surface area contributed by atoms with E-state index in [1.807, 2.05) is 63.2 Å². The fraction of sp³-hybridized carbons (Fsp3) is 0.208. The van der Waals surface area contributed by atoms with Crippen molar-refractivity contribution in [3.63, 3.8) is 0 Å². The number of carbonyl (C=O) groups is 2. The number of rotatable bonds is 5. The van der Waals surface area contributed by atoms with Gasteiger partial charge in [-0.05, 0) is 49.6 Å². The first-order chi connectivity index (χ1) is 13.8. The molecule has 5 heteroatoms. The molecular weight excluding hydrogens is 362 g/mol. The molecule has 0 aliphatic heterocycles. The van der Waals surface area contributed by atoms with Crippen LogP contribution in [0.15, 0.2) is 60.8 Å². The Morgan fingerprint density at radius 3 is 2.28 bits per heavy atom. The number of hydrogen-bond donors (Lipinski definition) is 1. The molecule has 1 aromatic heterocycles. The lowest BCUT2D eigenvalue weighted by molar-refractivity contribution is 0.0785. The van der Waals surface area contributed by atoms with Crippen LogP contribution in [-0.4, -0.2) is 28.7 Å². The molecule has 0 aliphatic rings. The molecule has 0 saturated heterocycles. The smallest absolute Gasteiger partial charge is 0.274 e. The SMILES string of the molecule is Cc1cc(C)c(NC(=O)c2cc(C(=O)N(C)Cc3ccccc3)ccn2)c(C)c1. The summed E-state index contributed by atoms with van der Waals surface area (Å²) in [7, 11) is 1.74. The van der Waals surface area contributed by atoms with Gasteiger partial charge < -0.3 is 10.2 Å². The van der Waals surface area contributed by atoms with Crippen molar-refractivity contribution in [1.29, 1.82) is 0 Å². The first kappa shape index (κ1) is 20.3. The lowest BCUT2D eigenvalue weighted by Gasteiger charge is -2.18. The number of nitrogens with one attached hydrogen (secondary N) is 1. The molecule has 0 spiro atoms. The molecule has 3 rings (SSSR count). The molecule has 1 heterocycles. The summed E-state index contributed by atoms with van der Waals surface area (Å²) in [6, 6.07) is 17.0. The zero-order valence-corrected chi connectivity index (χ0v) is 17.2. The normalized spacial score (nSPS) is 10.5. The van der Waals surface area contributed by atoms with Crippen LogP contribution in [0.5, 0.6) is 0 Å². The van der Waals surface area contributed by atoms with Crippen molar-refractivity contribution in [3.05, 3.63) is 94.3 Å². The molecule has 3 aromatic rings. The quantitative estimate of drug-likeness (QED) is 0.700. The van der Waals surface area contributed by atoms with Gasteiger partial charge in [-0.3, -0.25) is 14.6 Å². The monoisotopic (exact) mass is 387 g/mol. The maximum Gasteiger partial charge on any atom is 0.274 e. The van der Waals surface area contributed by atoms with Gasteiger partial charge in [-0.25, -0.2) is 0 Å². The zero-order chi connectivity index (χ0) is 21.0. The second-order valence-corrected chi connectivity index (χ2v) is 7.30. The highest BCUT2D eigenvalue weighted by atomic mass is 16.2. The Bertz CT molecular complexity index is 1020. The Labute approximate surface area is 171 Å². The van der Waals surface area contributed by atoms with Crippen LogP contribution in [0.2, 0.25) is 0 Å². The standard InChI is InChI=1S/C24H25N3O2/c1-16-12-17(2)22(18(3)13-16)26-23(28)21-14-20(10-11-25-21)24(29)27(4)15-19-8-6-5-7-9-19/h5-14H,15H2,1-4H3,(H,26,28). The van der Waals surface area contributed by atoms with Crippen LogP contribution in [0.3, 0.4) is 0 Å².